The average Bonchev–Trinajstić information content (AvgIpc) is 3.10. The highest BCUT2D eigenvalue weighted by Gasteiger charge is 2.23. The van der Waals surface area contributed by atoms with Gasteiger partial charge in [0.15, 0.2) is 0 Å². The number of hydrogen-bond acceptors (Lipinski definition) is 11. The Bertz CT molecular complexity index is 1360. The van der Waals surface area contributed by atoms with Gasteiger partial charge in [0.05, 0.1) is 29.7 Å². The van der Waals surface area contributed by atoms with Crippen LogP contribution < -0.4 is 37.2 Å². The van der Waals surface area contributed by atoms with Gasteiger partial charge in [0.1, 0.15) is 12.1 Å². The fourth-order valence-electron chi connectivity index (χ4n) is 5.44. The molecule has 1 heterocycles. The van der Waals surface area contributed by atoms with E-state index in [9.17, 15) is 28.8 Å². The zero-order valence-corrected chi connectivity index (χ0v) is 33.9. The molecular formula is C36H65N11O6S. The minimum absolute atomic E-state index is 0.112. The molecule has 0 saturated heterocycles. The Hall–Kier alpha value is -3.97. The normalized spacial score (nSPS) is 12.1. The Labute approximate surface area is 325 Å². The number of amides is 6. The van der Waals surface area contributed by atoms with Gasteiger partial charge >= 0.3 is 0 Å². The monoisotopic (exact) mass is 779 g/mol. The van der Waals surface area contributed by atoms with E-state index in [4.69, 9.17) is 12.2 Å². The topological polar surface area (TPSA) is 212 Å². The maximum atomic E-state index is 13.6. The van der Waals surface area contributed by atoms with E-state index in [0.29, 0.717) is 68.2 Å². The van der Waals surface area contributed by atoms with Gasteiger partial charge in [-0.05, 0) is 106 Å². The quantitative estimate of drug-likeness (QED) is 0.0372. The second-order valence-corrected chi connectivity index (χ2v) is 14.1. The molecule has 0 aromatic carbocycles. The number of hydrogen-bond donors (Lipinski definition) is 8. The minimum atomic E-state index is -0.755. The number of H-pyrrole nitrogens is 1. The molecule has 1 aromatic rings. The van der Waals surface area contributed by atoms with Crippen LogP contribution in [0.25, 0.3) is 0 Å². The maximum Gasteiger partial charge on any atom is 0.256 e. The molecule has 0 fully saturated rings. The van der Waals surface area contributed by atoms with Crippen LogP contribution in [0.1, 0.15) is 61.7 Å². The van der Waals surface area contributed by atoms with Gasteiger partial charge < -0.3 is 56.9 Å². The van der Waals surface area contributed by atoms with Crippen LogP contribution in [-0.4, -0.2) is 168 Å². The molecule has 8 N–H and O–H groups in total. The molecule has 17 nitrogen and oxygen atoms in total. The molecule has 0 bridgehead atoms. The lowest BCUT2D eigenvalue weighted by Crippen LogP contribution is -2.49. The summed E-state index contributed by atoms with van der Waals surface area (Å²) in [7, 11) is 10.7. The minimum Gasteiger partial charge on any atom is -0.367 e. The molecule has 1 aromatic heterocycles. The molecule has 306 valence electrons. The number of aromatic nitrogens is 1. The van der Waals surface area contributed by atoms with Crippen molar-refractivity contribution in [2.75, 3.05) is 101 Å². The Morgan fingerprint density at radius 1 is 0.667 bits per heavy atom. The Morgan fingerprint density at radius 3 is 1.63 bits per heavy atom. The van der Waals surface area contributed by atoms with E-state index in [2.05, 4.69) is 42.2 Å². The third kappa shape index (κ3) is 21.7. The number of aromatic amines is 1. The molecule has 1 rings (SSSR count). The maximum absolute atomic E-state index is 13.6. The fraction of sp³-hybridized carbons (Fsp3) is 0.694. The number of nitrogens with zero attached hydrogens (tertiary/aromatic N) is 3. The van der Waals surface area contributed by atoms with E-state index in [0.717, 1.165) is 19.4 Å². The van der Waals surface area contributed by atoms with Crippen molar-refractivity contribution in [2.45, 2.75) is 63.5 Å². The Morgan fingerprint density at radius 2 is 1.17 bits per heavy atom. The van der Waals surface area contributed by atoms with E-state index in [1.54, 1.807) is 68.4 Å². The van der Waals surface area contributed by atoms with Crippen molar-refractivity contribution in [3.8, 4) is 0 Å². The van der Waals surface area contributed by atoms with Crippen molar-refractivity contribution >= 4 is 47.7 Å². The fourth-order valence-corrected chi connectivity index (χ4v) is 5.66. The SMILES string of the molecule is CNCCCCC(NC(=O)CN(C)C)C(=O)NCCCN(CCCNC(=O)[C@H](CCCCNC(=O)CNC)NC(=O)CN(C)C)C(=O)c1c[nH]ccc1=S. The zero-order chi connectivity index (χ0) is 40.3. The molecule has 54 heavy (non-hydrogen) atoms. The number of likely N-dealkylation sites (N-methyl/N-ethyl adjacent to an activating group) is 3. The summed E-state index contributed by atoms with van der Waals surface area (Å²) in [6.07, 6.45) is 7.86. The highest BCUT2D eigenvalue weighted by atomic mass is 32.1. The predicted octanol–water partition coefficient (Wildman–Crippen LogP) is -0.813. The van der Waals surface area contributed by atoms with Crippen molar-refractivity contribution in [1.82, 2.24) is 56.9 Å². The summed E-state index contributed by atoms with van der Waals surface area (Å²) in [5, 5.41) is 20.2. The van der Waals surface area contributed by atoms with Crippen LogP contribution in [-0.2, 0) is 24.0 Å². The van der Waals surface area contributed by atoms with Crippen LogP contribution in [0, 0.1) is 4.51 Å². The lowest BCUT2D eigenvalue weighted by atomic mass is 10.1. The second kappa shape index (κ2) is 28.5. The van der Waals surface area contributed by atoms with Gasteiger partial charge in [0.2, 0.25) is 29.5 Å². The van der Waals surface area contributed by atoms with Gasteiger partial charge in [-0.2, -0.15) is 0 Å². The van der Waals surface area contributed by atoms with Crippen LogP contribution in [0.2, 0.25) is 0 Å². The van der Waals surface area contributed by atoms with E-state index in [1.807, 2.05) is 7.05 Å². The van der Waals surface area contributed by atoms with Crippen LogP contribution in [0.4, 0.5) is 0 Å². The Kier molecular flexibility index (Phi) is 25.3. The molecular weight excluding hydrogens is 715 g/mol. The summed E-state index contributed by atoms with van der Waals surface area (Å²) in [5.41, 5.74) is 0.344. The number of rotatable bonds is 29. The van der Waals surface area contributed by atoms with Crippen LogP contribution >= 0.6 is 12.2 Å². The summed E-state index contributed by atoms with van der Waals surface area (Å²) in [6.45, 7) is 2.94. The lowest BCUT2D eigenvalue weighted by Gasteiger charge is -2.24. The molecule has 6 amide bonds. The standard InChI is InChI=1S/C36H65N11O6S/c1-37-16-9-7-13-28(43-32(49)25-45(3)4)34(51)41-18-11-21-47(36(53)27-23-39-20-15-30(27)54)22-12-19-42-35(52)29(44-33(50)26-46(5)6)14-8-10-17-40-31(48)24-38-2/h15,20,23,28-29,37-38H,7-14,16-19,21-22,24-26H2,1-6H3,(H,39,54)(H,40,48)(H,41,51)(H,42,52)(H,43,49)(H,44,50)/t28?,29-/m0/s1. The molecule has 0 radical (unpaired) electrons. The van der Waals surface area contributed by atoms with Crippen molar-refractivity contribution < 1.29 is 28.8 Å². The van der Waals surface area contributed by atoms with E-state index >= 15 is 0 Å². The van der Waals surface area contributed by atoms with Gasteiger partial charge in [0.25, 0.3) is 5.91 Å². The van der Waals surface area contributed by atoms with E-state index < -0.39 is 12.1 Å². The van der Waals surface area contributed by atoms with Crippen molar-refractivity contribution in [1.29, 1.82) is 0 Å². The van der Waals surface area contributed by atoms with Crippen LogP contribution in [0.15, 0.2) is 18.5 Å². The van der Waals surface area contributed by atoms with Crippen molar-refractivity contribution in [3.05, 3.63) is 28.5 Å². The van der Waals surface area contributed by atoms with Crippen LogP contribution in [0.5, 0.6) is 0 Å². The van der Waals surface area contributed by atoms with Gasteiger partial charge in [-0.1, -0.05) is 12.2 Å². The van der Waals surface area contributed by atoms with Gasteiger partial charge in [0, 0.05) is 45.1 Å². The van der Waals surface area contributed by atoms with Crippen molar-refractivity contribution in [2.24, 2.45) is 0 Å². The van der Waals surface area contributed by atoms with E-state index in [-0.39, 0.29) is 68.2 Å². The van der Waals surface area contributed by atoms with Crippen molar-refractivity contribution in [3.63, 3.8) is 0 Å². The summed E-state index contributed by atoms with van der Waals surface area (Å²) in [6, 6.07) is 0.219. The second-order valence-electron chi connectivity index (χ2n) is 13.7. The third-order valence-electron chi connectivity index (χ3n) is 8.12. The molecule has 0 spiro atoms. The molecule has 18 heteroatoms. The number of unbranched alkanes of at least 4 members (excludes halogenated alkanes) is 2. The van der Waals surface area contributed by atoms with Gasteiger partial charge in [-0.3, -0.25) is 28.8 Å². The summed E-state index contributed by atoms with van der Waals surface area (Å²) < 4.78 is 0.401. The molecule has 1 unspecified atom stereocenters. The Balaban J connectivity index is 2.85. The highest BCUT2D eigenvalue weighted by Crippen LogP contribution is 2.09. The zero-order valence-electron chi connectivity index (χ0n) is 33.1. The largest absolute Gasteiger partial charge is 0.367 e. The third-order valence-corrected chi connectivity index (χ3v) is 8.48. The molecule has 2 atom stereocenters. The number of carbonyl (C=O) groups is 6. The average molecular weight is 780 g/mol. The molecule has 0 aliphatic rings. The summed E-state index contributed by atoms with van der Waals surface area (Å²) >= 11 is 5.41. The molecule has 0 saturated carbocycles. The first kappa shape index (κ1) is 48.0. The molecule has 0 aliphatic heterocycles. The van der Waals surface area contributed by atoms with Crippen LogP contribution in [0.3, 0.4) is 0 Å². The first-order valence-corrected chi connectivity index (χ1v) is 19.2. The first-order chi connectivity index (χ1) is 25.8. The summed E-state index contributed by atoms with van der Waals surface area (Å²) in [4.78, 5) is 84.7. The predicted molar refractivity (Wildman–Crippen MR) is 212 cm³/mol. The highest BCUT2D eigenvalue weighted by molar-refractivity contribution is 7.71. The van der Waals surface area contributed by atoms with Gasteiger partial charge in [-0.25, -0.2) is 0 Å². The lowest BCUT2D eigenvalue weighted by molar-refractivity contribution is -0.129. The molecule has 0 aliphatic carbocycles. The number of carbonyl (C=O) groups excluding carboxylic acids is 6. The first-order valence-electron chi connectivity index (χ1n) is 18.7. The number of pyridine rings is 1. The van der Waals surface area contributed by atoms with E-state index in [1.165, 1.54) is 0 Å². The van der Waals surface area contributed by atoms with Gasteiger partial charge in [-0.15, -0.1) is 0 Å². The number of nitrogens with one attached hydrogen (secondary N) is 8. The smallest absolute Gasteiger partial charge is 0.256 e. The summed E-state index contributed by atoms with van der Waals surface area (Å²) in [5.74, 6) is -1.50.